The molecule has 0 bridgehead atoms. The second-order valence-electron chi connectivity index (χ2n) is 8.94. The highest BCUT2D eigenvalue weighted by Gasteiger charge is 2.45. The van der Waals surface area contributed by atoms with Crippen LogP contribution in [0.5, 0.6) is 0 Å². The summed E-state index contributed by atoms with van der Waals surface area (Å²) in [6.07, 6.45) is 9.01. The predicted octanol–water partition coefficient (Wildman–Crippen LogP) is 4.18. The van der Waals surface area contributed by atoms with E-state index in [0.29, 0.717) is 0 Å². The molecule has 6 nitrogen and oxygen atoms in total. The van der Waals surface area contributed by atoms with Crippen LogP contribution in [0.15, 0.2) is 42.7 Å². The molecule has 1 atom stereocenters. The van der Waals surface area contributed by atoms with E-state index in [9.17, 15) is 4.79 Å². The summed E-state index contributed by atoms with van der Waals surface area (Å²) in [5.74, 6) is 0.880. The molecule has 1 aliphatic carbocycles. The molecule has 1 aliphatic heterocycles. The van der Waals surface area contributed by atoms with Crippen molar-refractivity contribution in [3.05, 3.63) is 65.2 Å². The Morgan fingerprint density at radius 2 is 2.03 bits per heavy atom. The summed E-state index contributed by atoms with van der Waals surface area (Å²) in [7, 11) is 0. The summed E-state index contributed by atoms with van der Waals surface area (Å²) in [5, 5.41) is 4.53. The van der Waals surface area contributed by atoms with E-state index in [1.54, 1.807) is 0 Å². The molecule has 0 radical (unpaired) electrons. The van der Waals surface area contributed by atoms with Crippen molar-refractivity contribution in [2.45, 2.75) is 57.9 Å². The summed E-state index contributed by atoms with van der Waals surface area (Å²) < 4.78 is 1.90. The van der Waals surface area contributed by atoms with Gasteiger partial charge in [-0.25, -0.2) is 9.97 Å². The number of benzene rings is 1. The Morgan fingerprint density at radius 3 is 2.84 bits per heavy atom. The molecule has 0 N–H and O–H groups in total. The van der Waals surface area contributed by atoms with Crippen LogP contribution in [-0.2, 0) is 18.4 Å². The van der Waals surface area contributed by atoms with E-state index in [-0.39, 0.29) is 11.3 Å². The Hall–Kier alpha value is -3.02. The zero-order valence-electron chi connectivity index (χ0n) is 18.3. The van der Waals surface area contributed by atoms with Crippen LogP contribution in [0.2, 0.25) is 0 Å². The van der Waals surface area contributed by atoms with Gasteiger partial charge in [-0.1, -0.05) is 37.3 Å². The van der Waals surface area contributed by atoms with Crippen molar-refractivity contribution in [3.63, 3.8) is 0 Å². The van der Waals surface area contributed by atoms with Crippen LogP contribution in [0.4, 0.5) is 0 Å². The largest absolute Gasteiger partial charge is 0.338 e. The van der Waals surface area contributed by atoms with Crippen LogP contribution in [0.25, 0.3) is 11.4 Å². The van der Waals surface area contributed by atoms with Crippen LogP contribution < -0.4 is 0 Å². The Bertz CT molecular complexity index is 1100. The van der Waals surface area contributed by atoms with Gasteiger partial charge in [0, 0.05) is 43.0 Å². The second kappa shape index (κ2) is 7.91. The van der Waals surface area contributed by atoms with Crippen molar-refractivity contribution in [2.75, 3.05) is 13.1 Å². The molecule has 1 unspecified atom stereocenters. The molecule has 160 valence electrons. The van der Waals surface area contributed by atoms with Gasteiger partial charge >= 0.3 is 0 Å². The summed E-state index contributed by atoms with van der Waals surface area (Å²) in [6, 6.07) is 10.1. The highest BCUT2D eigenvalue weighted by atomic mass is 16.2. The first-order valence-electron chi connectivity index (χ1n) is 11.3. The van der Waals surface area contributed by atoms with Crippen molar-refractivity contribution in [2.24, 2.45) is 0 Å². The van der Waals surface area contributed by atoms with Crippen molar-refractivity contribution >= 4 is 5.91 Å². The van der Waals surface area contributed by atoms with Gasteiger partial charge < -0.3 is 4.90 Å². The predicted molar refractivity (Wildman–Crippen MR) is 120 cm³/mol. The quantitative estimate of drug-likeness (QED) is 0.641. The van der Waals surface area contributed by atoms with Gasteiger partial charge in [-0.05, 0) is 44.6 Å². The Morgan fingerprint density at radius 1 is 1.19 bits per heavy atom. The Labute approximate surface area is 183 Å². The maximum absolute atomic E-state index is 13.4. The van der Waals surface area contributed by atoms with Gasteiger partial charge in [0.1, 0.15) is 0 Å². The smallest absolute Gasteiger partial charge is 0.257 e. The van der Waals surface area contributed by atoms with E-state index in [4.69, 9.17) is 4.98 Å². The fourth-order valence-corrected chi connectivity index (χ4v) is 5.21. The molecule has 1 aromatic carbocycles. The lowest BCUT2D eigenvalue weighted by Crippen LogP contribution is -2.48. The highest BCUT2D eigenvalue weighted by Crippen LogP contribution is 2.44. The van der Waals surface area contributed by atoms with Crippen molar-refractivity contribution < 1.29 is 4.79 Å². The van der Waals surface area contributed by atoms with E-state index in [2.05, 4.69) is 29.1 Å². The first-order valence-corrected chi connectivity index (χ1v) is 11.3. The fourth-order valence-electron chi connectivity index (χ4n) is 5.21. The molecule has 5 rings (SSSR count). The minimum Gasteiger partial charge on any atom is -0.338 e. The molecular formula is C25H29N5O. The maximum Gasteiger partial charge on any atom is 0.257 e. The van der Waals surface area contributed by atoms with E-state index in [0.717, 1.165) is 80.1 Å². The van der Waals surface area contributed by atoms with Crippen molar-refractivity contribution in [1.82, 2.24) is 24.6 Å². The minimum atomic E-state index is -0.0664. The van der Waals surface area contributed by atoms with Gasteiger partial charge in [0.2, 0.25) is 0 Å². The molecule has 1 fully saturated rings. The van der Waals surface area contributed by atoms with Crippen LogP contribution in [0.1, 0.15) is 59.9 Å². The minimum absolute atomic E-state index is 0.0664. The molecule has 1 spiro atoms. The third-order valence-electron chi connectivity index (χ3n) is 6.77. The van der Waals surface area contributed by atoms with Gasteiger partial charge in [-0.15, -0.1) is 0 Å². The van der Waals surface area contributed by atoms with Crippen molar-refractivity contribution in [1.29, 1.82) is 0 Å². The Balaban J connectivity index is 1.44. The van der Waals surface area contributed by atoms with Gasteiger partial charge in [-0.3, -0.25) is 9.48 Å². The summed E-state index contributed by atoms with van der Waals surface area (Å²) in [4.78, 5) is 25.1. The molecule has 31 heavy (non-hydrogen) atoms. The third-order valence-corrected chi connectivity index (χ3v) is 6.77. The molecule has 1 amide bonds. The first-order chi connectivity index (χ1) is 15.1. The number of hydrogen-bond acceptors (Lipinski definition) is 4. The average Bonchev–Trinajstić information content (AvgIpc) is 3.34. The van der Waals surface area contributed by atoms with E-state index >= 15 is 0 Å². The number of rotatable bonds is 4. The lowest BCUT2D eigenvalue weighted by atomic mass is 9.77. The van der Waals surface area contributed by atoms with Crippen LogP contribution in [0.3, 0.4) is 0 Å². The van der Waals surface area contributed by atoms with E-state index in [1.807, 2.05) is 47.1 Å². The van der Waals surface area contributed by atoms with Crippen molar-refractivity contribution in [3.8, 4) is 11.4 Å². The zero-order valence-corrected chi connectivity index (χ0v) is 18.3. The molecule has 6 heteroatoms. The fraction of sp³-hybridized carbons (Fsp3) is 0.440. The molecule has 0 saturated carbocycles. The topological polar surface area (TPSA) is 63.9 Å². The molecule has 3 aromatic rings. The number of fused-ring (bicyclic) bond motifs is 2. The summed E-state index contributed by atoms with van der Waals surface area (Å²) >= 11 is 0. The standard InChI is InChI=1S/C25H29N5O/c1-3-13-30-16-21(18(2)28-30)24(31)29-14-7-11-25(17-29)12-10-20-15-26-23(27-22(20)25)19-8-5-4-6-9-19/h4-6,8-9,15-16H,3,7,10-14,17H2,1-2H3. The number of hydrogen-bond donors (Lipinski definition) is 0. The average molecular weight is 416 g/mol. The van der Waals surface area contributed by atoms with Gasteiger partial charge in [0.25, 0.3) is 5.91 Å². The Kier molecular flexibility index (Phi) is 5.08. The number of piperidine rings is 1. The van der Waals surface area contributed by atoms with Crippen LogP contribution in [-0.4, -0.2) is 43.6 Å². The molecule has 2 aliphatic rings. The van der Waals surface area contributed by atoms with E-state index < -0.39 is 0 Å². The van der Waals surface area contributed by atoms with Crippen LogP contribution in [0, 0.1) is 6.92 Å². The third kappa shape index (κ3) is 3.54. The number of aryl methyl sites for hydroxylation is 3. The monoisotopic (exact) mass is 415 g/mol. The number of carbonyl (C=O) groups excluding carboxylic acids is 1. The second-order valence-corrected chi connectivity index (χ2v) is 8.94. The molecule has 2 aromatic heterocycles. The number of aromatic nitrogens is 4. The highest BCUT2D eigenvalue weighted by molar-refractivity contribution is 5.95. The summed E-state index contributed by atoms with van der Waals surface area (Å²) in [5.41, 5.74) is 4.91. The van der Waals surface area contributed by atoms with Gasteiger partial charge in [0.15, 0.2) is 5.82 Å². The zero-order chi connectivity index (χ0) is 21.4. The molecule has 1 saturated heterocycles. The number of amides is 1. The SMILES string of the molecule is CCCn1cc(C(=O)N2CCCC3(CCc4cnc(-c5ccccc5)nc43)C2)c(C)n1. The van der Waals surface area contributed by atoms with Crippen LogP contribution >= 0.6 is 0 Å². The first kappa shape index (κ1) is 19.9. The molecular weight excluding hydrogens is 386 g/mol. The molecule has 3 heterocycles. The maximum atomic E-state index is 13.4. The lowest BCUT2D eigenvalue weighted by molar-refractivity contribution is 0.0632. The van der Waals surface area contributed by atoms with Gasteiger partial charge in [0.05, 0.1) is 17.0 Å². The number of likely N-dealkylation sites (tertiary alicyclic amines) is 1. The normalized spacial score (nSPS) is 20.3. The van der Waals surface area contributed by atoms with Gasteiger partial charge in [-0.2, -0.15) is 5.10 Å². The van der Waals surface area contributed by atoms with E-state index in [1.165, 1.54) is 5.56 Å². The lowest BCUT2D eigenvalue weighted by Gasteiger charge is -2.40. The number of nitrogens with zero attached hydrogens (tertiary/aromatic N) is 5. The number of carbonyl (C=O) groups is 1. The summed E-state index contributed by atoms with van der Waals surface area (Å²) in [6.45, 7) is 6.41.